The molecule has 1 aromatic rings. The van der Waals surface area contributed by atoms with Crippen LogP contribution in [0.5, 0.6) is 0 Å². The van der Waals surface area contributed by atoms with E-state index in [2.05, 4.69) is 29.5 Å². The molecule has 0 saturated carbocycles. The van der Waals surface area contributed by atoms with Gasteiger partial charge >= 0.3 is 0 Å². The highest BCUT2D eigenvalue weighted by atomic mass is 16.2. The molecule has 0 bridgehead atoms. The van der Waals surface area contributed by atoms with Crippen LogP contribution in [0.3, 0.4) is 0 Å². The first kappa shape index (κ1) is 12.0. The predicted molar refractivity (Wildman–Crippen MR) is 74.3 cm³/mol. The Kier molecular flexibility index (Phi) is 4.25. The second-order valence-electron chi connectivity index (χ2n) is 3.88. The molecule has 1 aliphatic heterocycles. The smallest absolute Gasteiger partial charge is 0.0788 e. The van der Waals surface area contributed by atoms with Crippen molar-refractivity contribution in [3.05, 3.63) is 83.2 Å². The van der Waals surface area contributed by atoms with Crippen molar-refractivity contribution in [3.8, 4) is 0 Å². The lowest BCUT2D eigenvalue weighted by Gasteiger charge is -2.16. The first-order valence-electron chi connectivity index (χ1n) is 5.75. The summed E-state index contributed by atoms with van der Waals surface area (Å²) in [5.74, 6) is 0. The fourth-order valence-electron chi connectivity index (χ4n) is 1.61. The molecule has 0 atom stereocenters. The summed E-state index contributed by atoms with van der Waals surface area (Å²) in [4.78, 5) is 12.1. The Morgan fingerprint density at radius 2 is 1.83 bits per heavy atom. The molecule has 0 aliphatic carbocycles. The molecule has 0 fully saturated rings. The molecule has 0 saturated heterocycles. The van der Waals surface area contributed by atoms with Crippen molar-refractivity contribution in [3.63, 3.8) is 0 Å². The highest BCUT2D eigenvalue weighted by Gasteiger charge is 1.98. The van der Waals surface area contributed by atoms with Crippen molar-refractivity contribution in [2.75, 3.05) is 6.54 Å². The number of hydrogen-bond donors (Lipinski definition) is 0. The van der Waals surface area contributed by atoms with Crippen molar-refractivity contribution >= 4 is 6.08 Å². The molecule has 90 valence electrons. The third-order valence-corrected chi connectivity index (χ3v) is 2.54. The SMILES string of the molecule is O=NC=C1C=CN(C/C=C\c2ccccc2)C=C1. The van der Waals surface area contributed by atoms with E-state index in [9.17, 15) is 4.91 Å². The molecule has 2 rings (SSSR count). The van der Waals surface area contributed by atoms with Crippen molar-refractivity contribution < 1.29 is 0 Å². The van der Waals surface area contributed by atoms with Gasteiger partial charge in [0.2, 0.25) is 0 Å². The van der Waals surface area contributed by atoms with Crippen LogP contribution in [-0.4, -0.2) is 11.4 Å². The van der Waals surface area contributed by atoms with E-state index in [0.29, 0.717) is 0 Å². The summed E-state index contributed by atoms with van der Waals surface area (Å²) in [7, 11) is 0. The van der Waals surface area contributed by atoms with Crippen molar-refractivity contribution in [1.29, 1.82) is 0 Å². The van der Waals surface area contributed by atoms with Gasteiger partial charge in [-0.05, 0) is 28.5 Å². The number of benzene rings is 1. The molecule has 3 nitrogen and oxygen atoms in total. The van der Waals surface area contributed by atoms with Crippen LogP contribution in [0.2, 0.25) is 0 Å². The first-order chi connectivity index (χ1) is 8.88. The Morgan fingerprint density at radius 1 is 1.11 bits per heavy atom. The van der Waals surface area contributed by atoms with Gasteiger partial charge in [-0.25, -0.2) is 0 Å². The molecular formula is C15H14N2O. The summed E-state index contributed by atoms with van der Waals surface area (Å²) < 4.78 is 0. The zero-order valence-electron chi connectivity index (χ0n) is 9.94. The quantitative estimate of drug-likeness (QED) is 0.749. The molecular weight excluding hydrogens is 224 g/mol. The van der Waals surface area contributed by atoms with Crippen LogP contribution in [0.15, 0.2) is 77.9 Å². The Balaban J connectivity index is 1.88. The summed E-state index contributed by atoms with van der Waals surface area (Å²) in [6.07, 6.45) is 13.0. The highest BCUT2D eigenvalue weighted by Crippen LogP contribution is 2.09. The molecule has 0 amide bonds. The molecule has 0 spiro atoms. The fourth-order valence-corrected chi connectivity index (χ4v) is 1.61. The van der Waals surface area contributed by atoms with Gasteiger partial charge in [0.1, 0.15) is 0 Å². The van der Waals surface area contributed by atoms with Gasteiger partial charge in [0.05, 0.1) is 6.20 Å². The maximum Gasteiger partial charge on any atom is 0.0788 e. The van der Waals surface area contributed by atoms with Gasteiger partial charge in [0.25, 0.3) is 0 Å². The third-order valence-electron chi connectivity index (χ3n) is 2.54. The third kappa shape index (κ3) is 3.56. The van der Waals surface area contributed by atoms with Crippen molar-refractivity contribution in [2.24, 2.45) is 5.18 Å². The minimum atomic E-state index is 0.795. The van der Waals surface area contributed by atoms with Gasteiger partial charge in [-0.2, -0.15) is 0 Å². The van der Waals surface area contributed by atoms with E-state index < -0.39 is 0 Å². The normalized spacial score (nSPS) is 14.2. The zero-order chi connectivity index (χ0) is 12.6. The number of nitroso groups, excluding NO2 is 1. The number of rotatable bonds is 4. The highest BCUT2D eigenvalue weighted by molar-refractivity contribution is 5.49. The number of allylic oxidation sites excluding steroid dienone is 3. The lowest BCUT2D eigenvalue weighted by Crippen LogP contribution is -2.11. The Hall–Kier alpha value is -2.42. The Morgan fingerprint density at radius 3 is 2.50 bits per heavy atom. The van der Waals surface area contributed by atoms with E-state index >= 15 is 0 Å². The largest absolute Gasteiger partial charge is 0.350 e. The standard InChI is InChI=1S/C15H14N2O/c18-16-13-15-8-11-17(12-9-15)10-4-7-14-5-2-1-3-6-14/h1-9,11-13H,10H2/b7-4-. The van der Waals surface area contributed by atoms with Gasteiger partial charge in [0.15, 0.2) is 0 Å². The van der Waals surface area contributed by atoms with Gasteiger partial charge < -0.3 is 4.90 Å². The minimum Gasteiger partial charge on any atom is -0.350 e. The summed E-state index contributed by atoms with van der Waals surface area (Å²) in [6, 6.07) is 10.2. The maximum absolute atomic E-state index is 10.1. The van der Waals surface area contributed by atoms with E-state index in [0.717, 1.165) is 12.1 Å². The summed E-state index contributed by atoms with van der Waals surface area (Å²) in [5, 5.41) is 2.74. The Bertz CT molecular complexity index is 497. The molecule has 1 aliphatic rings. The average molecular weight is 238 g/mol. The second-order valence-corrected chi connectivity index (χ2v) is 3.88. The average Bonchev–Trinajstić information content (AvgIpc) is 2.42. The van der Waals surface area contributed by atoms with E-state index in [1.54, 1.807) is 0 Å². The van der Waals surface area contributed by atoms with E-state index in [1.807, 2.05) is 47.7 Å². The van der Waals surface area contributed by atoms with Crippen LogP contribution in [-0.2, 0) is 0 Å². The van der Waals surface area contributed by atoms with Crippen molar-refractivity contribution in [2.45, 2.75) is 0 Å². The lowest BCUT2D eigenvalue weighted by molar-refractivity contribution is 0.562. The zero-order valence-corrected chi connectivity index (χ0v) is 9.94. The van der Waals surface area contributed by atoms with Crippen LogP contribution in [0.25, 0.3) is 6.08 Å². The summed E-state index contributed by atoms with van der Waals surface area (Å²) >= 11 is 0. The molecule has 0 unspecified atom stereocenters. The predicted octanol–water partition coefficient (Wildman–Crippen LogP) is 3.69. The summed E-state index contributed by atoms with van der Waals surface area (Å²) in [6.45, 7) is 0.795. The molecule has 0 radical (unpaired) electrons. The number of hydrogen-bond acceptors (Lipinski definition) is 3. The lowest BCUT2D eigenvalue weighted by atomic mass is 10.2. The molecule has 0 N–H and O–H groups in total. The van der Waals surface area contributed by atoms with Crippen LogP contribution < -0.4 is 0 Å². The molecule has 18 heavy (non-hydrogen) atoms. The summed E-state index contributed by atoms with van der Waals surface area (Å²) in [5.41, 5.74) is 2.00. The van der Waals surface area contributed by atoms with Crippen molar-refractivity contribution in [1.82, 2.24) is 4.90 Å². The van der Waals surface area contributed by atoms with Gasteiger partial charge in [0, 0.05) is 18.9 Å². The monoisotopic (exact) mass is 238 g/mol. The fraction of sp³-hybridized carbons (Fsp3) is 0.0667. The molecule has 1 aromatic carbocycles. The molecule has 0 aromatic heterocycles. The van der Waals surface area contributed by atoms with Crippen LogP contribution in [0.1, 0.15) is 5.56 Å². The van der Waals surface area contributed by atoms with E-state index in [1.165, 1.54) is 11.8 Å². The van der Waals surface area contributed by atoms with Crippen LogP contribution in [0.4, 0.5) is 0 Å². The first-order valence-corrected chi connectivity index (χ1v) is 5.75. The molecule has 3 heteroatoms. The van der Waals surface area contributed by atoms with E-state index in [-0.39, 0.29) is 0 Å². The van der Waals surface area contributed by atoms with Gasteiger partial charge in [-0.3, -0.25) is 0 Å². The van der Waals surface area contributed by atoms with Gasteiger partial charge in [-0.1, -0.05) is 42.5 Å². The number of nitrogens with zero attached hydrogens (tertiary/aromatic N) is 2. The van der Waals surface area contributed by atoms with E-state index in [4.69, 9.17) is 0 Å². The second kappa shape index (κ2) is 6.35. The van der Waals surface area contributed by atoms with Crippen LogP contribution >= 0.6 is 0 Å². The van der Waals surface area contributed by atoms with Crippen LogP contribution in [0, 0.1) is 4.91 Å². The maximum atomic E-state index is 10.1. The Labute approximate surface area is 106 Å². The molecule has 1 heterocycles. The minimum absolute atomic E-state index is 0.795. The van der Waals surface area contributed by atoms with Gasteiger partial charge in [-0.15, -0.1) is 4.91 Å². The topological polar surface area (TPSA) is 32.7 Å².